The number of piperazine rings is 1. The number of carbonyl (C=O) groups excluding carboxylic acids is 2. The number of nitrogens with zero attached hydrogens (tertiary/aromatic N) is 2. The van der Waals surface area contributed by atoms with Crippen LogP contribution >= 0.6 is 11.6 Å². The summed E-state index contributed by atoms with van der Waals surface area (Å²) < 4.78 is 0. The first-order chi connectivity index (χ1) is 12.0. The van der Waals surface area contributed by atoms with Gasteiger partial charge in [0.2, 0.25) is 5.91 Å². The molecule has 3 rings (SSSR count). The van der Waals surface area contributed by atoms with Gasteiger partial charge < -0.3 is 10.2 Å². The van der Waals surface area contributed by atoms with Gasteiger partial charge in [-0.1, -0.05) is 23.7 Å². The van der Waals surface area contributed by atoms with Crippen LogP contribution in [0.25, 0.3) is 0 Å². The van der Waals surface area contributed by atoms with Crippen LogP contribution < -0.4 is 5.32 Å². The molecule has 5 nitrogen and oxygen atoms in total. The summed E-state index contributed by atoms with van der Waals surface area (Å²) in [6.07, 6.45) is 0. The van der Waals surface area contributed by atoms with Gasteiger partial charge in [0.05, 0.1) is 6.54 Å². The Balaban J connectivity index is 1.57. The molecule has 0 aromatic heterocycles. The number of anilines is 1. The van der Waals surface area contributed by atoms with Crippen molar-refractivity contribution in [2.75, 3.05) is 32.0 Å². The third-order valence-electron chi connectivity index (χ3n) is 4.26. The molecule has 0 spiro atoms. The number of nitrogens with one attached hydrogen (secondary N) is 1. The molecule has 1 aliphatic heterocycles. The third kappa shape index (κ3) is 4.59. The van der Waals surface area contributed by atoms with Gasteiger partial charge >= 0.3 is 0 Å². The first-order valence-corrected chi connectivity index (χ1v) is 8.51. The molecule has 0 unspecified atom stereocenters. The normalized spacial score (nSPS) is 15.3. The molecule has 0 aliphatic carbocycles. The van der Waals surface area contributed by atoms with Gasteiger partial charge in [0.15, 0.2) is 0 Å². The Morgan fingerprint density at radius 1 is 1.08 bits per heavy atom. The van der Waals surface area contributed by atoms with Crippen LogP contribution in [0.3, 0.4) is 0 Å². The molecule has 0 bridgehead atoms. The first-order valence-electron chi connectivity index (χ1n) is 8.13. The van der Waals surface area contributed by atoms with Crippen LogP contribution in [0.2, 0.25) is 5.02 Å². The molecule has 1 fully saturated rings. The summed E-state index contributed by atoms with van der Waals surface area (Å²) in [6.45, 7) is 2.81. The lowest BCUT2D eigenvalue weighted by Gasteiger charge is -2.31. The van der Waals surface area contributed by atoms with E-state index < -0.39 is 0 Å². The van der Waals surface area contributed by atoms with E-state index in [0.29, 0.717) is 17.1 Å². The monoisotopic (exact) mass is 357 g/mol. The number of likely N-dealkylation sites (N-methyl/N-ethyl adjacent to an activating group) is 1. The summed E-state index contributed by atoms with van der Waals surface area (Å²) in [6, 6.07) is 14.5. The summed E-state index contributed by atoms with van der Waals surface area (Å²) in [5, 5.41) is 3.47. The topological polar surface area (TPSA) is 52.6 Å². The van der Waals surface area contributed by atoms with E-state index in [0.717, 1.165) is 30.9 Å². The fraction of sp³-hybridized carbons (Fsp3) is 0.263. The number of benzene rings is 2. The van der Waals surface area contributed by atoms with Crippen LogP contribution in [0.15, 0.2) is 48.5 Å². The van der Waals surface area contributed by atoms with E-state index in [2.05, 4.69) is 10.2 Å². The SMILES string of the molecule is CN1CCN(Cc2ccc(NC(=O)c3ccc(Cl)cc3)cc2)CC1=O. The number of halogens is 1. The maximum absolute atomic E-state index is 12.2. The maximum atomic E-state index is 12.2. The number of rotatable bonds is 4. The lowest BCUT2D eigenvalue weighted by molar-refractivity contribution is -0.134. The largest absolute Gasteiger partial charge is 0.343 e. The van der Waals surface area contributed by atoms with Crippen LogP contribution in [-0.4, -0.2) is 48.3 Å². The molecule has 6 heteroatoms. The van der Waals surface area contributed by atoms with Gasteiger partial charge in [-0.3, -0.25) is 14.5 Å². The number of hydrogen-bond donors (Lipinski definition) is 1. The fourth-order valence-corrected chi connectivity index (χ4v) is 2.82. The summed E-state index contributed by atoms with van der Waals surface area (Å²) in [7, 11) is 1.83. The van der Waals surface area contributed by atoms with Crippen molar-refractivity contribution < 1.29 is 9.59 Å². The van der Waals surface area contributed by atoms with Gasteiger partial charge in [-0.2, -0.15) is 0 Å². The van der Waals surface area contributed by atoms with Crippen molar-refractivity contribution in [1.82, 2.24) is 9.80 Å². The van der Waals surface area contributed by atoms with Gasteiger partial charge in [-0.15, -0.1) is 0 Å². The average molecular weight is 358 g/mol. The predicted octanol–water partition coefficient (Wildman–Crippen LogP) is 2.87. The molecule has 2 amide bonds. The van der Waals surface area contributed by atoms with E-state index >= 15 is 0 Å². The van der Waals surface area contributed by atoms with Gasteiger partial charge in [0.1, 0.15) is 0 Å². The number of hydrogen-bond acceptors (Lipinski definition) is 3. The predicted molar refractivity (Wildman–Crippen MR) is 98.8 cm³/mol. The fourth-order valence-electron chi connectivity index (χ4n) is 2.70. The minimum Gasteiger partial charge on any atom is -0.343 e. The molecule has 2 aromatic rings. The highest BCUT2D eigenvalue weighted by Gasteiger charge is 2.20. The van der Waals surface area contributed by atoms with Crippen molar-refractivity contribution in [3.63, 3.8) is 0 Å². The highest BCUT2D eigenvalue weighted by molar-refractivity contribution is 6.30. The Labute approximate surface area is 152 Å². The van der Waals surface area contributed by atoms with E-state index in [1.165, 1.54) is 0 Å². The minimum absolute atomic E-state index is 0.151. The summed E-state index contributed by atoms with van der Waals surface area (Å²) in [5.41, 5.74) is 2.41. The smallest absolute Gasteiger partial charge is 0.255 e. The maximum Gasteiger partial charge on any atom is 0.255 e. The third-order valence-corrected chi connectivity index (χ3v) is 4.51. The van der Waals surface area contributed by atoms with Crippen molar-refractivity contribution in [3.8, 4) is 0 Å². The Morgan fingerprint density at radius 2 is 1.76 bits per heavy atom. The second kappa shape index (κ2) is 7.68. The van der Waals surface area contributed by atoms with Gasteiger partial charge in [-0.05, 0) is 42.0 Å². The van der Waals surface area contributed by atoms with Crippen molar-refractivity contribution in [1.29, 1.82) is 0 Å². The molecule has 1 saturated heterocycles. The summed E-state index contributed by atoms with van der Waals surface area (Å²) >= 11 is 5.83. The lowest BCUT2D eigenvalue weighted by atomic mass is 10.1. The van der Waals surface area contributed by atoms with Crippen molar-refractivity contribution in [3.05, 3.63) is 64.7 Å². The van der Waals surface area contributed by atoms with E-state index in [4.69, 9.17) is 11.6 Å². The molecular weight excluding hydrogens is 338 g/mol. The lowest BCUT2D eigenvalue weighted by Crippen LogP contribution is -2.47. The standard InChI is InChI=1S/C19H20ClN3O2/c1-22-10-11-23(13-18(22)24)12-14-2-8-17(9-3-14)21-19(25)15-4-6-16(20)7-5-15/h2-9H,10-13H2,1H3,(H,21,25). The zero-order valence-electron chi connectivity index (χ0n) is 14.0. The Bertz CT molecular complexity index is 759. The van der Waals surface area contributed by atoms with Crippen LogP contribution in [0, 0.1) is 0 Å². The van der Waals surface area contributed by atoms with Gasteiger partial charge in [0.25, 0.3) is 5.91 Å². The minimum atomic E-state index is -0.172. The van der Waals surface area contributed by atoms with Crippen LogP contribution in [0.1, 0.15) is 15.9 Å². The summed E-state index contributed by atoms with van der Waals surface area (Å²) in [5.74, 6) is -0.0211. The molecule has 1 N–H and O–H groups in total. The molecule has 1 heterocycles. The van der Waals surface area contributed by atoms with Crippen molar-refractivity contribution in [2.45, 2.75) is 6.54 Å². The Morgan fingerprint density at radius 3 is 2.40 bits per heavy atom. The van der Waals surface area contributed by atoms with Crippen LogP contribution in [0.5, 0.6) is 0 Å². The zero-order chi connectivity index (χ0) is 17.8. The molecule has 2 aromatic carbocycles. The zero-order valence-corrected chi connectivity index (χ0v) is 14.8. The summed E-state index contributed by atoms with van der Waals surface area (Å²) in [4.78, 5) is 27.8. The second-order valence-electron chi connectivity index (χ2n) is 6.18. The van der Waals surface area contributed by atoms with E-state index in [9.17, 15) is 9.59 Å². The van der Waals surface area contributed by atoms with Gasteiger partial charge in [-0.25, -0.2) is 0 Å². The van der Waals surface area contributed by atoms with Crippen molar-refractivity contribution in [2.24, 2.45) is 0 Å². The molecule has 0 radical (unpaired) electrons. The number of amides is 2. The van der Waals surface area contributed by atoms with Crippen LogP contribution in [0.4, 0.5) is 5.69 Å². The van der Waals surface area contributed by atoms with Crippen molar-refractivity contribution >= 4 is 29.1 Å². The second-order valence-corrected chi connectivity index (χ2v) is 6.62. The molecule has 130 valence electrons. The molecule has 0 saturated carbocycles. The Kier molecular flexibility index (Phi) is 5.36. The Hall–Kier alpha value is -2.37. The van der Waals surface area contributed by atoms with Gasteiger partial charge in [0, 0.05) is 43.0 Å². The molecule has 1 aliphatic rings. The number of carbonyl (C=O) groups is 2. The average Bonchev–Trinajstić information content (AvgIpc) is 2.60. The van der Waals surface area contributed by atoms with E-state index in [1.807, 2.05) is 31.3 Å². The quantitative estimate of drug-likeness (QED) is 0.915. The highest BCUT2D eigenvalue weighted by Crippen LogP contribution is 2.15. The molecular formula is C19H20ClN3O2. The van der Waals surface area contributed by atoms with E-state index in [-0.39, 0.29) is 11.8 Å². The van der Waals surface area contributed by atoms with E-state index in [1.54, 1.807) is 29.2 Å². The highest BCUT2D eigenvalue weighted by atomic mass is 35.5. The first kappa shape index (κ1) is 17.5. The molecule has 25 heavy (non-hydrogen) atoms. The molecule has 0 atom stereocenters. The van der Waals surface area contributed by atoms with Crippen LogP contribution in [-0.2, 0) is 11.3 Å².